The first-order valence-corrected chi connectivity index (χ1v) is 5.67. The molecule has 90 valence electrons. The van der Waals surface area contributed by atoms with E-state index in [2.05, 4.69) is 5.32 Å². The van der Waals surface area contributed by atoms with E-state index in [1.54, 1.807) is 6.92 Å². The molecule has 2 N–H and O–H groups in total. The molecule has 0 aliphatic heterocycles. The number of ether oxygens (including phenoxy) is 1. The number of carbonyl (C=O) groups excluding carboxylic acids is 1. The number of esters is 1. The Balaban J connectivity index is 3.46. The van der Waals surface area contributed by atoms with Crippen molar-refractivity contribution in [3.05, 3.63) is 0 Å². The van der Waals surface area contributed by atoms with Crippen LogP contribution in [0.1, 0.15) is 33.6 Å². The molecule has 4 nitrogen and oxygen atoms in total. The number of hydrogen-bond acceptors (Lipinski definition) is 4. The van der Waals surface area contributed by atoms with E-state index in [-0.39, 0.29) is 18.0 Å². The number of aliphatic hydroxyl groups is 1. The van der Waals surface area contributed by atoms with Crippen LogP contribution in [-0.2, 0) is 9.53 Å². The van der Waals surface area contributed by atoms with Crippen LogP contribution in [0.15, 0.2) is 0 Å². The predicted octanol–water partition coefficient (Wildman–Crippen LogP) is 0.936. The highest BCUT2D eigenvalue weighted by molar-refractivity contribution is 5.72. The van der Waals surface area contributed by atoms with Gasteiger partial charge in [0.25, 0.3) is 0 Å². The summed E-state index contributed by atoms with van der Waals surface area (Å²) >= 11 is 0. The summed E-state index contributed by atoms with van der Waals surface area (Å²) in [5.41, 5.74) is 0. The zero-order valence-corrected chi connectivity index (χ0v) is 9.95. The summed E-state index contributed by atoms with van der Waals surface area (Å²) in [5, 5.41) is 12.4. The Hall–Kier alpha value is -0.610. The Kier molecular flexibility index (Phi) is 8.33. The molecule has 0 saturated carbocycles. The molecule has 0 aromatic heterocycles. The summed E-state index contributed by atoms with van der Waals surface area (Å²) in [6, 6.07) is 0. The molecule has 0 aliphatic rings. The predicted molar refractivity (Wildman–Crippen MR) is 59.6 cm³/mol. The maximum atomic E-state index is 11.2. The number of rotatable bonds is 8. The van der Waals surface area contributed by atoms with Crippen LogP contribution < -0.4 is 5.32 Å². The zero-order valence-electron chi connectivity index (χ0n) is 9.95. The van der Waals surface area contributed by atoms with E-state index in [4.69, 9.17) is 4.74 Å². The molecule has 0 aromatic carbocycles. The van der Waals surface area contributed by atoms with Gasteiger partial charge in [-0.25, -0.2) is 0 Å². The maximum Gasteiger partial charge on any atom is 0.309 e. The van der Waals surface area contributed by atoms with Crippen LogP contribution in [0.3, 0.4) is 0 Å². The number of nitrogens with one attached hydrogen (secondary N) is 1. The molecule has 0 saturated heterocycles. The molecule has 0 fully saturated rings. The van der Waals surface area contributed by atoms with Crippen molar-refractivity contribution < 1.29 is 14.6 Å². The van der Waals surface area contributed by atoms with E-state index >= 15 is 0 Å². The van der Waals surface area contributed by atoms with Crippen molar-refractivity contribution >= 4 is 5.97 Å². The van der Waals surface area contributed by atoms with Gasteiger partial charge in [-0.15, -0.1) is 0 Å². The zero-order chi connectivity index (χ0) is 11.7. The molecule has 0 aliphatic carbocycles. The Labute approximate surface area is 92.0 Å². The topological polar surface area (TPSA) is 58.6 Å². The van der Waals surface area contributed by atoms with Crippen LogP contribution in [0.25, 0.3) is 0 Å². The van der Waals surface area contributed by atoms with Crippen molar-refractivity contribution in [2.45, 2.75) is 39.7 Å². The Morgan fingerprint density at radius 2 is 2.13 bits per heavy atom. The minimum Gasteiger partial charge on any atom is -0.466 e. The first-order valence-electron chi connectivity index (χ1n) is 5.67. The number of aliphatic hydroxyl groups excluding tert-OH is 1. The Morgan fingerprint density at radius 3 is 2.67 bits per heavy atom. The number of carbonyl (C=O) groups is 1. The van der Waals surface area contributed by atoms with E-state index in [9.17, 15) is 9.90 Å². The van der Waals surface area contributed by atoms with Crippen LogP contribution in [-0.4, -0.2) is 36.9 Å². The third kappa shape index (κ3) is 7.33. The van der Waals surface area contributed by atoms with E-state index < -0.39 is 0 Å². The molecule has 0 radical (unpaired) electrons. The minimum absolute atomic E-state index is 0.122. The monoisotopic (exact) mass is 217 g/mol. The molecule has 2 unspecified atom stereocenters. The van der Waals surface area contributed by atoms with Gasteiger partial charge in [-0.05, 0) is 26.3 Å². The summed E-state index contributed by atoms with van der Waals surface area (Å²) in [6.07, 6.45) is 1.26. The van der Waals surface area contributed by atoms with Crippen molar-refractivity contribution in [2.24, 2.45) is 5.92 Å². The summed E-state index contributed by atoms with van der Waals surface area (Å²) < 4.78 is 4.87. The maximum absolute atomic E-state index is 11.2. The summed E-state index contributed by atoms with van der Waals surface area (Å²) in [5.74, 6) is -0.287. The molecular weight excluding hydrogens is 194 g/mol. The molecule has 0 bridgehead atoms. The fourth-order valence-corrected chi connectivity index (χ4v) is 1.16. The van der Waals surface area contributed by atoms with Gasteiger partial charge >= 0.3 is 5.97 Å². The van der Waals surface area contributed by atoms with Crippen LogP contribution in [0.2, 0.25) is 0 Å². The van der Waals surface area contributed by atoms with Gasteiger partial charge in [0.15, 0.2) is 0 Å². The SMILES string of the molecule is CCOC(=O)C(C)CNCCC(O)CC. The molecule has 0 spiro atoms. The molecule has 0 heterocycles. The average molecular weight is 217 g/mol. The molecule has 0 rings (SSSR count). The Bertz CT molecular complexity index is 173. The largest absolute Gasteiger partial charge is 0.466 e. The van der Waals surface area contributed by atoms with Crippen LogP contribution in [0.4, 0.5) is 0 Å². The van der Waals surface area contributed by atoms with Crippen molar-refractivity contribution in [3.63, 3.8) is 0 Å². The summed E-state index contributed by atoms with van der Waals surface area (Å²) in [7, 11) is 0. The minimum atomic E-state index is -0.240. The summed E-state index contributed by atoms with van der Waals surface area (Å²) in [6.45, 7) is 7.36. The molecule has 4 heteroatoms. The van der Waals surface area contributed by atoms with Crippen molar-refractivity contribution in [1.29, 1.82) is 0 Å². The van der Waals surface area contributed by atoms with Crippen molar-refractivity contribution in [3.8, 4) is 0 Å². The molecule has 0 amide bonds. The second-order valence-corrected chi connectivity index (χ2v) is 3.71. The van der Waals surface area contributed by atoms with Gasteiger partial charge in [0.2, 0.25) is 0 Å². The molecule has 15 heavy (non-hydrogen) atoms. The van der Waals surface area contributed by atoms with Gasteiger partial charge in [0.05, 0.1) is 18.6 Å². The van der Waals surface area contributed by atoms with Crippen molar-refractivity contribution in [1.82, 2.24) is 5.32 Å². The quantitative estimate of drug-likeness (QED) is 0.469. The first kappa shape index (κ1) is 14.4. The van der Waals surface area contributed by atoms with E-state index in [0.717, 1.165) is 19.4 Å². The van der Waals surface area contributed by atoms with Gasteiger partial charge < -0.3 is 15.2 Å². The van der Waals surface area contributed by atoms with Crippen LogP contribution >= 0.6 is 0 Å². The lowest BCUT2D eigenvalue weighted by Gasteiger charge is -2.12. The highest BCUT2D eigenvalue weighted by Gasteiger charge is 2.12. The van der Waals surface area contributed by atoms with E-state index in [0.29, 0.717) is 13.2 Å². The normalized spacial score (nSPS) is 14.7. The third-order valence-electron chi connectivity index (χ3n) is 2.27. The fraction of sp³-hybridized carbons (Fsp3) is 0.909. The van der Waals surface area contributed by atoms with Gasteiger partial charge in [-0.2, -0.15) is 0 Å². The lowest BCUT2D eigenvalue weighted by molar-refractivity contribution is -0.147. The number of hydrogen-bond donors (Lipinski definition) is 2. The van der Waals surface area contributed by atoms with Crippen molar-refractivity contribution in [2.75, 3.05) is 19.7 Å². The fourth-order valence-electron chi connectivity index (χ4n) is 1.16. The van der Waals surface area contributed by atoms with E-state index in [1.165, 1.54) is 0 Å². The average Bonchev–Trinajstić information content (AvgIpc) is 2.23. The van der Waals surface area contributed by atoms with Gasteiger partial charge in [0.1, 0.15) is 0 Å². The first-order chi connectivity index (χ1) is 7.11. The van der Waals surface area contributed by atoms with Crippen LogP contribution in [0, 0.1) is 5.92 Å². The lowest BCUT2D eigenvalue weighted by atomic mass is 10.1. The second kappa shape index (κ2) is 8.68. The van der Waals surface area contributed by atoms with E-state index in [1.807, 2.05) is 13.8 Å². The van der Waals surface area contributed by atoms with Crippen LogP contribution in [0.5, 0.6) is 0 Å². The van der Waals surface area contributed by atoms with Gasteiger partial charge in [-0.1, -0.05) is 13.8 Å². The molecular formula is C11H23NO3. The molecule has 2 atom stereocenters. The Morgan fingerprint density at radius 1 is 1.47 bits per heavy atom. The third-order valence-corrected chi connectivity index (χ3v) is 2.27. The smallest absolute Gasteiger partial charge is 0.309 e. The molecule has 0 aromatic rings. The summed E-state index contributed by atoms with van der Waals surface area (Å²) in [4.78, 5) is 11.2. The lowest BCUT2D eigenvalue weighted by Crippen LogP contribution is -2.29. The second-order valence-electron chi connectivity index (χ2n) is 3.71. The highest BCUT2D eigenvalue weighted by Crippen LogP contribution is 1.98. The standard InChI is InChI=1S/C11H23NO3/c1-4-10(13)6-7-12-8-9(3)11(14)15-5-2/h9-10,12-13H,4-8H2,1-3H3. The van der Waals surface area contributed by atoms with Gasteiger partial charge in [-0.3, -0.25) is 4.79 Å². The highest BCUT2D eigenvalue weighted by atomic mass is 16.5. The van der Waals surface area contributed by atoms with Gasteiger partial charge in [0, 0.05) is 6.54 Å².